The molecule has 3 aromatic rings. The fraction of sp³-hybridized carbons (Fsp3) is 0.227. The summed E-state index contributed by atoms with van der Waals surface area (Å²) in [4.78, 5) is 31.7. The summed E-state index contributed by atoms with van der Waals surface area (Å²) in [7, 11) is 0. The summed E-state index contributed by atoms with van der Waals surface area (Å²) < 4.78 is 13.8. The van der Waals surface area contributed by atoms with Gasteiger partial charge in [0.25, 0.3) is 11.8 Å². The van der Waals surface area contributed by atoms with E-state index in [2.05, 4.69) is 4.98 Å². The molecule has 0 spiro atoms. The number of fused-ring (bicyclic) bond motifs is 3. The predicted octanol–water partition coefficient (Wildman–Crippen LogP) is 3.83. The Hall–Kier alpha value is -3.12. The van der Waals surface area contributed by atoms with Gasteiger partial charge in [-0.05, 0) is 29.7 Å². The minimum Gasteiger partial charge on any atom is -0.387 e. The third kappa shape index (κ3) is 2.86. The normalized spacial score (nSPS) is 14.8. The van der Waals surface area contributed by atoms with E-state index in [1.807, 2.05) is 19.9 Å². The molecule has 6 heteroatoms. The van der Waals surface area contributed by atoms with Crippen LogP contribution < -0.4 is 0 Å². The van der Waals surface area contributed by atoms with E-state index in [9.17, 15) is 19.1 Å². The van der Waals surface area contributed by atoms with Crippen molar-refractivity contribution in [3.05, 3.63) is 76.7 Å². The van der Waals surface area contributed by atoms with E-state index in [0.29, 0.717) is 22.2 Å². The summed E-state index contributed by atoms with van der Waals surface area (Å²) in [6.07, 6.45) is -1.01. The molecule has 1 N–H and O–H groups in total. The Bertz CT molecular complexity index is 1100. The Labute approximate surface area is 161 Å². The summed E-state index contributed by atoms with van der Waals surface area (Å²) in [6.45, 7) is 3.60. The van der Waals surface area contributed by atoms with Crippen LogP contribution in [0.4, 0.5) is 4.39 Å². The predicted molar refractivity (Wildman–Crippen MR) is 103 cm³/mol. The first-order chi connectivity index (χ1) is 13.4. The van der Waals surface area contributed by atoms with Crippen molar-refractivity contribution in [2.45, 2.75) is 25.9 Å². The number of amides is 2. The number of aliphatic hydroxyl groups is 1. The molecule has 2 aromatic carbocycles. The number of carbonyl (C=O) groups is 2. The molecule has 0 aliphatic carbocycles. The van der Waals surface area contributed by atoms with Gasteiger partial charge in [0.2, 0.25) is 0 Å². The van der Waals surface area contributed by atoms with Crippen LogP contribution in [-0.4, -0.2) is 33.3 Å². The summed E-state index contributed by atoms with van der Waals surface area (Å²) >= 11 is 0. The number of β-amino-alcohol motifs (C(OH)–C–C–N with tert-alkyl or cyclic N) is 1. The third-order valence-electron chi connectivity index (χ3n) is 4.98. The fourth-order valence-electron chi connectivity index (χ4n) is 3.59. The molecule has 1 aromatic heterocycles. The van der Waals surface area contributed by atoms with Crippen LogP contribution in [0.15, 0.2) is 48.5 Å². The van der Waals surface area contributed by atoms with Crippen molar-refractivity contribution < 1.29 is 19.1 Å². The number of aliphatic hydroxyl groups excluding tert-OH is 1. The van der Waals surface area contributed by atoms with Gasteiger partial charge in [-0.3, -0.25) is 19.5 Å². The van der Waals surface area contributed by atoms with Gasteiger partial charge >= 0.3 is 0 Å². The number of pyridine rings is 1. The minimum absolute atomic E-state index is 0.0982. The highest BCUT2D eigenvalue weighted by Gasteiger charge is 2.41. The second-order valence-corrected chi connectivity index (χ2v) is 7.21. The quantitative estimate of drug-likeness (QED) is 0.701. The van der Waals surface area contributed by atoms with Crippen LogP contribution in [0.5, 0.6) is 0 Å². The van der Waals surface area contributed by atoms with E-state index < -0.39 is 23.7 Å². The van der Waals surface area contributed by atoms with Crippen molar-refractivity contribution in [1.82, 2.24) is 9.88 Å². The van der Waals surface area contributed by atoms with Crippen LogP contribution in [0.1, 0.15) is 57.8 Å². The monoisotopic (exact) mass is 378 g/mol. The molecule has 0 saturated heterocycles. The zero-order valence-electron chi connectivity index (χ0n) is 15.5. The summed E-state index contributed by atoms with van der Waals surface area (Å²) in [6, 6.07) is 12.9. The molecule has 0 fully saturated rings. The molecule has 2 amide bonds. The average molecular weight is 378 g/mol. The molecule has 142 valence electrons. The van der Waals surface area contributed by atoms with Crippen molar-refractivity contribution in [1.29, 1.82) is 0 Å². The van der Waals surface area contributed by atoms with E-state index in [-0.39, 0.29) is 23.6 Å². The summed E-state index contributed by atoms with van der Waals surface area (Å²) in [5.41, 5.74) is 1.95. The summed E-state index contributed by atoms with van der Waals surface area (Å²) in [5, 5.41) is 10.8. The Kier molecular flexibility index (Phi) is 4.43. The zero-order valence-corrected chi connectivity index (χ0v) is 15.5. The maximum Gasteiger partial charge on any atom is 0.263 e. The van der Waals surface area contributed by atoms with Gasteiger partial charge in [0.1, 0.15) is 5.82 Å². The van der Waals surface area contributed by atoms with E-state index >= 15 is 0 Å². The SMILES string of the molecule is CC(C)c1nc2ccc(F)cc2c2c1C(=O)N(CC(O)c1ccccc1)C2=O. The lowest BCUT2D eigenvalue weighted by Crippen LogP contribution is -2.34. The van der Waals surface area contributed by atoms with Gasteiger partial charge < -0.3 is 5.11 Å². The Morgan fingerprint density at radius 3 is 2.39 bits per heavy atom. The van der Waals surface area contributed by atoms with Gasteiger partial charge in [0.05, 0.1) is 35.0 Å². The van der Waals surface area contributed by atoms with Gasteiger partial charge in [-0.1, -0.05) is 44.2 Å². The molecule has 1 aliphatic rings. The van der Waals surface area contributed by atoms with Crippen molar-refractivity contribution in [2.75, 3.05) is 6.54 Å². The smallest absolute Gasteiger partial charge is 0.263 e. The second kappa shape index (κ2) is 6.80. The van der Waals surface area contributed by atoms with Crippen molar-refractivity contribution in [3.8, 4) is 0 Å². The number of benzene rings is 2. The first kappa shape index (κ1) is 18.3. The van der Waals surface area contributed by atoms with Gasteiger partial charge in [-0.15, -0.1) is 0 Å². The summed E-state index contributed by atoms with van der Waals surface area (Å²) in [5.74, 6) is -1.64. The molecule has 0 bridgehead atoms. The Morgan fingerprint density at radius 2 is 1.71 bits per heavy atom. The van der Waals surface area contributed by atoms with Crippen LogP contribution in [0.3, 0.4) is 0 Å². The highest BCUT2D eigenvalue weighted by atomic mass is 19.1. The molecule has 5 nitrogen and oxygen atoms in total. The molecule has 4 rings (SSSR count). The topological polar surface area (TPSA) is 70.5 Å². The van der Waals surface area contributed by atoms with Gasteiger partial charge in [-0.25, -0.2) is 4.39 Å². The number of aromatic nitrogens is 1. The van der Waals surface area contributed by atoms with E-state index in [0.717, 1.165) is 4.90 Å². The van der Waals surface area contributed by atoms with Crippen LogP contribution >= 0.6 is 0 Å². The molecule has 28 heavy (non-hydrogen) atoms. The maximum atomic E-state index is 13.8. The first-order valence-electron chi connectivity index (χ1n) is 9.11. The van der Waals surface area contributed by atoms with Gasteiger partial charge in [-0.2, -0.15) is 0 Å². The number of halogens is 1. The van der Waals surface area contributed by atoms with E-state index in [1.165, 1.54) is 18.2 Å². The van der Waals surface area contributed by atoms with Crippen LogP contribution in [-0.2, 0) is 0 Å². The van der Waals surface area contributed by atoms with Crippen molar-refractivity contribution >= 4 is 22.7 Å². The number of hydrogen-bond donors (Lipinski definition) is 1. The fourth-order valence-corrected chi connectivity index (χ4v) is 3.59. The van der Waals surface area contributed by atoms with Crippen LogP contribution in [0, 0.1) is 5.82 Å². The molecular formula is C22H19FN2O3. The highest BCUT2D eigenvalue weighted by molar-refractivity contribution is 6.26. The molecule has 1 aliphatic heterocycles. The number of hydrogen-bond acceptors (Lipinski definition) is 4. The lowest BCUT2D eigenvalue weighted by atomic mass is 9.97. The minimum atomic E-state index is -1.01. The molecule has 1 atom stereocenters. The van der Waals surface area contributed by atoms with E-state index in [4.69, 9.17) is 0 Å². The number of carbonyl (C=O) groups excluding carboxylic acids is 2. The molecular weight excluding hydrogens is 359 g/mol. The zero-order chi connectivity index (χ0) is 20.0. The second-order valence-electron chi connectivity index (χ2n) is 7.21. The number of nitrogens with zero attached hydrogens (tertiary/aromatic N) is 2. The van der Waals surface area contributed by atoms with Gasteiger partial charge in [0, 0.05) is 5.39 Å². The maximum absolute atomic E-state index is 13.8. The highest BCUT2D eigenvalue weighted by Crippen LogP contribution is 2.35. The molecule has 1 unspecified atom stereocenters. The Morgan fingerprint density at radius 1 is 1.04 bits per heavy atom. The molecule has 0 radical (unpaired) electrons. The van der Waals surface area contributed by atoms with Crippen molar-refractivity contribution in [2.24, 2.45) is 0 Å². The Balaban J connectivity index is 1.82. The lowest BCUT2D eigenvalue weighted by molar-refractivity contribution is 0.0543. The largest absolute Gasteiger partial charge is 0.387 e. The third-order valence-corrected chi connectivity index (χ3v) is 4.98. The molecule has 2 heterocycles. The van der Waals surface area contributed by atoms with E-state index in [1.54, 1.807) is 24.3 Å². The van der Waals surface area contributed by atoms with Crippen molar-refractivity contribution in [3.63, 3.8) is 0 Å². The average Bonchev–Trinajstić information content (AvgIpc) is 2.93. The van der Waals surface area contributed by atoms with Crippen LogP contribution in [0.2, 0.25) is 0 Å². The lowest BCUT2D eigenvalue weighted by Gasteiger charge is -2.18. The number of imide groups is 1. The first-order valence-corrected chi connectivity index (χ1v) is 9.11. The molecule has 0 saturated carbocycles. The van der Waals surface area contributed by atoms with Gasteiger partial charge in [0.15, 0.2) is 0 Å². The standard InChI is InChI=1S/C22H19FN2O3/c1-12(2)20-19-18(15-10-14(23)8-9-16(15)24-20)21(27)25(22(19)28)11-17(26)13-6-4-3-5-7-13/h3-10,12,17,26H,11H2,1-2H3. The van der Waals surface area contributed by atoms with Crippen LogP contribution in [0.25, 0.3) is 10.9 Å². The number of rotatable bonds is 4.